The molecule has 0 saturated heterocycles. The van der Waals surface area contributed by atoms with Gasteiger partial charge in [-0.15, -0.1) is 0 Å². The highest BCUT2D eigenvalue weighted by Crippen LogP contribution is 2.11. The summed E-state index contributed by atoms with van der Waals surface area (Å²) in [6.45, 7) is 0.421. The molecule has 0 radical (unpaired) electrons. The summed E-state index contributed by atoms with van der Waals surface area (Å²) in [6, 6.07) is 10.6. The summed E-state index contributed by atoms with van der Waals surface area (Å²) in [5.74, 6) is -0.511. The highest BCUT2D eigenvalue weighted by atomic mass is 35.5. The molecule has 1 N–H and O–H groups in total. The number of hydrogen-bond donors (Lipinski definition) is 1. The third-order valence-electron chi connectivity index (χ3n) is 3.12. The molecule has 2 rings (SSSR count). The van der Waals surface area contributed by atoms with Gasteiger partial charge in [0.1, 0.15) is 6.61 Å². The number of aromatic nitrogens is 1. The number of aryl methyl sites for hydroxylation is 1. The van der Waals surface area contributed by atoms with Crippen molar-refractivity contribution >= 4 is 23.5 Å². The molecule has 0 fully saturated rings. The van der Waals surface area contributed by atoms with Gasteiger partial charge in [-0.1, -0.05) is 23.7 Å². The second kappa shape index (κ2) is 8.90. The topological polar surface area (TPSA) is 68.3 Å². The molecular formula is C17H17ClN2O3. The Hall–Kier alpha value is -2.40. The van der Waals surface area contributed by atoms with Crippen LogP contribution in [0.5, 0.6) is 0 Å². The van der Waals surface area contributed by atoms with Crippen molar-refractivity contribution in [2.24, 2.45) is 0 Å². The molecule has 0 unspecified atom stereocenters. The van der Waals surface area contributed by atoms with Gasteiger partial charge in [0.2, 0.25) is 0 Å². The second-order valence-electron chi connectivity index (χ2n) is 4.84. The molecule has 1 aromatic heterocycles. The number of pyridine rings is 1. The average Bonchev–Trinajstić information content (AvgIpc) is 2.59. The van der Waals surface area contributed by atoms with E-state index in [1.807, 2.05) is 12.1 Å². The highest BCUT2D eigenvalue weighted by Gasteiger charge is 2.06. The van der Waals surface area contributed by atoms with Crippen LogP contribution in [0, 0.1) is 0 Å². The van der Waals surface area contributed by atoms with E-state index in [1.54, 1.807) is 36.7 Å². The number of nitrogens with one attached hydrogen (secondary N) is 1. The normalized spacial score (nSPS) is 10.1. The lowest BCUT2D eigenvalue weighted by Gasteiger charge is -2.07. The van der Waals surface area contributed by atoms with Crippen LogP contribution in [0.4, 0.5) is 0 Å². The number of rotatable bonds is 7. The van der Waals surface area contributed by atoms with Gasteiger partial charge in [-0.25, -0.2) is 0 Å². The lowest BCUT2D eigenvalue weighted by molar-refractivity contribution is -0.143. The van der Waals surface area contributed by atoms with Crippen LogP contribution in [-0.2, 0) is 16.0 Å². The molecular weight excluding hydrogens is 316 g/mol. The Morgan fingerprint density at radius 2 is 1.78 bits per heavy atom. The molecule has 0 atom stereocenters. The zero-order valence-corrected chi connectivity index (χ0v) is 13.3. The fourth-order valence-electron chi connectivity index (χ4n) is 1.90. The van der Waals surface area contributed by atoms with Gasteiger partial charge in [-0.05, 0) is 36.2 Å². The Morgan fingerprint density at radius 3 is 2.48 bits per heavy atom. The minimum atomic E-state index is -0.293. The second-order valence-corrected chi connectivity index (χ2v) is 5.28. The van der Waals surface area contributed by atoms with E-state index >= 15 is 0 Å². The molecule has 1 heterocycles. The van der Waals surface area contributed by atoms with Crippen molar-refractivity contribution in [2.75, 3.05) is 13.2 Å². The summed E-state index contributed by atoms with van der Waals surface area (Å²) in [5, 5.41) is 3.34. The molecule has 0 aliphatic heterocycles. The third kappa shape index (κ3) is 6.08. The van der Waals surface area contributed by atoms with Crippen molar-refractivity contribution in [1.29, 1.82) is 0 Å². The molecule has 0 bridgehead atoms. The molecule has 0 saturated carbocycles. The predicted molar refractivity (Wildman–Crippen MR) is 87.3 cm³/mol. The van der Waals surface area contributed by atoms with Crippen molar-refractivity contribution in [3.63, 3.8) is 0 Å². The Morgan fingerprint density at radius 1 is 1.09 bits per heavy atom. The summed E-state index contributed by atoms with van der Waals surface area (Å²) in [5.41, 5.74) is 1.55. The van der Waals surface area contributed by atoms with E-state index in [0.717, 1.165) is 5.56 Å². The SMILES string of the molecule is O=C(CCc1ccc(Cl)cc1)OCCNC(=O)c1ccncc1. The summed E-state index contributed by atoms with van der Waals surface area (Å²) in [7, 11) is 0. The van der Waals surface area contributed by atoms with Crippen molar-refractivity contribution < 1.29 is 14.3 Å². The Labute approximate surface area is 139 Å². The monoisotopic (exact) mass is 332 g/mol. The van der Waals surface area contributed by atoms with Crippen LogP contribution in [0.15, 0.2) is 48.8 Å². The van der Waals surface area contributed by atoms with Crippen molar-refractivity contribution in [3.8, 4) is 0 Å². The lowest BCUT2D eigenvalue weighted by Crippen LogP contribution is -2.28. The van der Waals surface area contributed by atoms with Crippen LogP contribution in [0.3, 0.4) is 0 Å². The van der Waals surface area contributed by atoms with E-state index in [9.17, 15) is 9.59 Å². The zero-order chi connectivity index (χ0) is 16.5. The van der Waals surface area contributed by atoms with E-state index in [1.165, 1.54) is 0 Å². The van der Waals surface area contributed by atoms with Crippen LogP contribution in [0.1, 0.15) is 22.3 Å². The molecule has 0 aliphatic rings. The van der Waals surface area contributed by atoms with E-state index in [0.29, 0.717) is 23.4 Å². The van der Waals surface area contributed by atoms with E-state index in [2.05, 4.69) is 10.3 Å². The number of carbonyl (C=O) groups excluding carboxylic acids is 2. The zero-order valence-electron chi connectivity index (χ0n) is 12.5. The highest BCUT2D eigenvalue weighted by molar-refractivity contribution is 6.30. The van der Waals surface area contributed by atoms with Crippen molar-refractivity contribution in [1.82, 2.24) is 10.3 Å². The number of amides is 1. The predicted octanol–water partition coefficient (Wildman–Crippen LogP) is 2.64. The van der Waals surface area contributed by atoms with E-state index in [4.69, 9.17) is 16.3 Å². The smallest absolute Gasteiger partial charge is 0.306 e. The van der Waals surface area contributed by atoms with Gasteiger partial charge in [-0.2, -0.15) is 0 Å². The molecule has 2 aromatic rings. The Kier molecular flexibility index (Phi) is 6.56. The number of nitrogens with zero attached hydrogens (tertiary/aromatic N) is 1. The first-order chi connectivity index (χ1) is 11.1. The van der Waals surface area contributed by atoms with E-state index in [-0.39, 0.29) is 25.0 Å². The molecule has 1 amide bonds. The lowest BCUT2D eigenvalue weighted by atomic mass is 10.1. The standard InChI is InChI=1S/C17H17ClN2O3/c18-15-4-1-13(2-5-15)3-6-16(21)23-12-11-20-17(22)14-7-9-19-10-8-14/h1-2,4-5,7-10H,3,6,11-12H2,(H,20,22). The number of halogens is 1. The maximum atomic E-state index is 11.7. The minimum Gasteiger partial charge on any atom is -0.464 e. The van der Waals surface area contributed by atoms with Gasteiger partial charge in [-0.3, -0.25) is 14.6 Å². The maximum Gasteiger partial charge on any atom is 0.306 e. The average molecular weight is 333 g/mol. The number of esters is 1. The molecule has 6 heteroatoms. The van der Waals surface area contributed by atoms with Gasteiger partial charge in [0, 0.05) is 29.4 Å². The molecule has 5 nitrogen and oxygen atoms in total. The van der Waals surface area contributed by atoms with Gasteiger partial charge in [0.05, 0.1) is 6.54 Å². The van der Waals surface area contributed by atoms with Crippen LogP contribution >= 0.6 is 11.6 Å². The van der Waals surface area contributed by atoms with Crippen LogP contribution in [0.25, 0.3) is 0 Å². The first kappa shape index (κ1) is 17.0. The largest absolute Gasteiger partial charge is 0.464 e. The van der Waals surface area contributed by atoms with Crippen LogP contribution in [0.2, 0.25) is 5.02 Å². The first-order valence-electron chi connectivity index (χ1n) is 7.23. The molecule has 120 valence electrons. The fraction of sp³-hybridized carbons (Fsp3) is 0.235. The van der Waals surface area contributed by atoms with Gasteiger partial charge < -0.3 is 10.1 Å². The first-order valence-corrected chi connectivity index (χ1v) is 7.61. The molecule has 0 aliphatic carbocycles. The molecule has 0 spiro atoms. The van der Waals surface area contributed by atoms with Crippen molar-refractivity contribution in [3.05, 3.63) is 64.9 Å². The Bertz CT molecular complexity index is 645. The number of carbonyl (C=O) groups is 2. The summed E-state index contributed by atoms with van der Waals surface area (Å²) in [6.07, 6.45) is 3.98. The summed E-state index contributed by atoms with van der Waals surface area (Å²) in [4.78, 5) is 27.2. The summed E-state index contributed by atoms with van der Waals surface area (Å²) < 4.78 is 5.08. The third-order valence-corrected chi connectivity index (χ3v) is 3.38. The fourth-order valence-corrected chi connectivity index (χ4v) is 2.03. The Balaban J connectivity index is 1.61. The van der Waals surface area contributed by atoms with Crippen LogP contribution in [-0.4, -0.2) is 30.0 Å². The number of ether oxygens (including phenoxy) is 1. The number of hydrogen-bond acceptors (Lipinski definition) is 4. The molecule has 23 heavy (non-hydrogen) atoms. The summed E-state index contributed by atoms with van der Waals surface area (Å²) >= 11 is 5.80. The minimum absolute atomic E-state index is 0.149. The van der Waals surface area contributed by atoms with Gasteiger partial charge in [0.15, 0.2) is 0 Å². The quantitative estimate of drug-likeness (QED) is 0.625. The number of benzene rings is 1. The van der Waals surface area contributed by atoms with Crippen molar-refractivity contribution in [2.45, 2.75) is 12.8 Å². The molecule has 1 aromatic carbocycles. The van der Waals surface area contributed by atoms with Gasteiger partial charge >= 0.3 is 5.97 Å². The van der Waals surface area contributed by atoms with E-state index < -0.39 is 0 Å². The van der Waals surface area contributed by atoms with Crippen LogP contribution < -0.4 is 5.32 Å². The van der Waals surface area contributed by atoms with Gasteiger partial charge in [0.25, 0.3) is 5.91 Å². The maximum absolute atomic E-state index is 11.7.